The van der Waals surface area contributed by atoms with Gasteiger partial charge in [0.25, 0.3) is 5.91 Å². The zero-order chi connectivity index (χ0) is 23.1. The summed E-state index contributed by atoms with van der Waals surface area (Å²) in [7, 11) is 0.680. The lowest BCUT2D eigenvalue weighted by atomic mass is 10.1. The molecule has 0 aliphatic rings. The Morgan fingerprint density at radius 2 is 1.66 bits per heavy atom. The second-order valence-electron chi connectivity index (χ2n) is 6.93. The minimum absolute atomic E-state index is 0.0767. The first-order valence-electron chi connectivity index (χ1n) is 9.76. The van der Waals surface area contributed by atoms with Crippen LogP contribution in [0.5, 0.6) is 0 Å². The van der Waals surface area contributed by atoms with Gasteiger partial charge in [-0.05, 0) is 29.8 Å². The van der Waals surface area contributed by atoms with Crippen LogP contribution in [0, 0.1) is 0 Å². The van der Waals surface area contributed by atoms with Gasteiger partial charge in [-0.3, -0.25) is 14.3 Å². The maximum Gasteiger partial charge on any atom is 0.334 e. The van der Waals surface area contributed by atoms with E-state index in [9.17, 15) is 14.2 Å². The van der Waals surface area contributed by atoms with Crippen molar-refractivity contribution in [2.75, 3.05) is 21.3 Å². The number of aromatic nitrogens is 2. The fourth-order valence-corrected chi connectivity index (χ4v) is 4.13. The lowest BCUT2D eigenvalue weighted by Gasteiger charge is -2.17. The number of hydrogen-bond acceptors (Lipinski definition) is 8. The third-order valence-electron chi connectivity index (χ3n) is 4.85. The molecule has 10 heteroatoms. The number of para-hydroxylation sites is 2. The number of nitrogens with one attached hydrogen (secondary N) is 1. The molecule has 0 saturated carbocycles. The molecular formula is C22H24N3O6P. The molecule has 0 spiro atoms. The Kier molecular flexibility index (Phi) is 7.69. The highest BCUT2D eigenvalue weighted by Gasteiger charge is 2.24. The largest absolute Gasteiger partial charge is 0.467 e. The maximum absolute atomic E-state index is 12.7. The smallest absolute Gasteiger partial charge is 0.334 e. The number of nitrogens with zero attached hydrogens (tertiary/aromatic N) is 2. The van der Waals surface area contributed by atoms with E-state index in [0.717, 1.165) is 5.52 Å². The summed E-state index contributed by atoms with van der Waals surface area (Å²) < 4.78 is 27.0. The van der Waals surface area contributed by atoms with Crippen molar-refractivity contribution in [1.82, 2.24) is 15.3 Å². The number of benzene rings is 2. The third-order valence-corrected chi connectivity index (χ3v) is 6.72. The quantitative estimate of drug-likeness (QED) is 0.385. The van der Waals surface area contributed by atoms with Gasteiger partial charge in [0.1, 0.15) is 6.04 Å². The van der Waals surface area contributed by atoms with E-state index in [1.54, 1.807) is 30.5 Å². The summed E-state index contributed by atoms with van der Waals surface area (Å²) in [6.45, 7) is 0. The number of hydrogen-bond donors (Lipinski definition) is 1. The fraction of sp³-hybridized carbons (Fsp3) is 0.273. The van der Waals surface area contributed by atoms with Gasteiger partial charge in [-0.2, -0.15) is 0 Å². The Balaban J connectivity index is 1.73. The summed E-state index contributed by atoms with van der Waals surface area (Å²) >= 11 is 0. The van der Waals surface area contributed by atoms with Crippen molar-refractivity contribution in [3.63, 3.8) is 0 Å². The molecule has 0 fully saturated rings. The van der Waals surface area contributed by atoms with Crippen molar-refractivity contribution in [2.45, 2.75) is 18.6 Å². The van der Waals surface area contributed by atoms with E-state index in [1.165, 1.54) is 21.3 Å². The molecule has 168 valence electrons. The number of rotatable bonds is 9. The van der Waals surface area contributed by atoms with Gasteiger partial charge >= 0.3 is 13.6 Å². The summed E-state index contributed by atoms with van der Waals surface area (Å²) in [5.41, 5.74) is 2.99. The highest BCUT2D eigenvalue weighted by atomic mass is 31.2. The van der Waals surface area contributed by atoms with Gasteiger partial charge in [0.15, 0.2) is 0 Å². The summed E-state index contributed by atoms with van der Waals surface area (Å²) in [6, 6.07) is 12.9. The normalized spacial score (nSPS) is 12.3. The minimum Gasteiger partial charge on any atom is -0.467 e. The Labute approximate surface area is 185 Å². The van der Waals surface area contributed by atoms with E-state index >= 15 is 0 Å². The van der Waals surface area contributed by atoms with Gasteiger partial charge in [-0.15, -0.1) is 0 Å². The molecule has 1 heterocycles. The van der Waals surface area contributed by atoms with Crippen LogP contribution in [0.25, 0.3) is 11.0 Å². The van der Waals surface area contributed by atoms with Gasteiger partial charge in [0.2, 0.25) is 0 Å². The number of esters is 1. The fourth-order valence-electron chi connectivity index (χ4n) is 3.07. The molecular weight excluding hydrogens is 433 g/mol. The molecule has 2 aromatic carbocycles. The van der Waals surface area contributed by atoms with E-state index in [1.807, 2.05) is 24.3 Å². The molecule has 9 nitrogen and oxygen atoms in total. The summed E-state index contributed by atoms with van der Waals surface area (Å²) in [4.78, 5) is 33.8. The lowest BCUT2D eigenvalue weighted by molar-refractivity contribution is -0.142. The summed E-state index contributed by atoms with van der Waals surface area (Å²) in [5, 5.41) is 2.69. The average molecular weight is 457 g/mol. The lowest BCUT2D eigenvalue weighted by Crippen LogP contribution is -2.43. The minimum atomic E-state index is -3.21. The van der Waals surface area contributed by atoms with Crippen molar-refractivity contribution in [3.05, 3.63) is 71.5 Å². The molecule has 1 amide bonds. The van der Waals surface area contributed by atoms with Crippen LogP contribution >= 0.6 is 7.60 Å². The van der Waals surface area contributed by atoms with Gasteiger partial charge in [0.05, 0.1) is 30.0 Å². The van der Waals surface area contributed by atoms with Crippen LogP contribution in [-0.2, 0) is 35.7 Å². The zero-order valence-corrected chi connectivity index (χ0v) is 18.9. The van der Waals surface area contributed by atoms with Crippen LogP contribution < -0.4 is 5.32 Å². The molecule has 1 N–H and O–H groups in total. The maximum atomic E-state index is 12.7. The molecule has 1 atom stereocenters. The van der Waals surface area contributed by atoms with Crippen LogP contribution in [0.4, 0.5) is 0 Å². The monoisotopic (exact) mass is 457 g/mol. The zero-order valence-electron chi connectivity index (χ0n) is 18.0. The van der Waals surface area contributed by atoms with E-state index in [-0.39, 0.29) is 12.6 Å². The standard InChI is InChI=1S/C22H24N3O6P/c1-29-22(27)20(12-17-13-23-18-6-4-5-7-19(18)24-17)25-21(26)16-10-8-15(9-11-16)14-32(28,30-2)31-3/h4-11,13,20H,12,14H2,1-3H3,(H,25,26)/t20-/m1/s1. The number of amides is 1. The first kappa shape index (κ1) is 23.5. The molecule has 0 bridgehead atoms. The van der Waals surface area contributed by atoms with E-state index < -0.39 is 25.5 Å². The molecule has 32 heavy (non-hydrogen) atoms. The highest BCUT2D eigenvalue weighted by Crippen LogP contribution is 2.49. The molecule has 1 aromatic heterocycles. The predicted octanol–water partition coefficient (Wildman–Crippen LogP) is 3.13. The number of carbonyl (C=O) groups excluding carboxylic acids is 2. The van der Waals surface area contributed by atoms with Crippen LogP contribution in [0.1, 0.15) is 21.6 Å². The van der Waals surface area contributed by atoms with Crippen molar-refractivity contribution in [2.24, 2.45) is 0 Å². The van der Waals surface area contributed by atoms with E-state index in [2.05, 4.69) is 15.3 Å². The average Bonchev–Trinajstić information content (AvgIpc) is 2.83. The molecule has 0 saturated heterocycles. The number of methoxy groups -OCH3 is 1. The molecule has 0 radical (unpaired) electrons. The number of ether oxygens (including phenoxy) is 1. The molecule has 0 aliphatic heterocycles. The van der Waals surface area contributed by atoms with Crippen LogP contribution in [0.3, 0.4) is 0 Å². The molecule has 0 unspecified atom stereocenters. The first-order chi connectivity index (χ1) is 15.4. The third kappa shape index (κ3) is 5.76. The Morgan fingerprint density at radius 1 is 1.00 bits per heavy atom. The second kappa shape index (κ2) is 10.5. The van der Waals surface area contributed by atoms with E-state index in [0.29, 0.717) is 22.3 Å². The molecule has 3 aromatic rings. The van der Waals surface area contributed by atoms with Crippen LogP contribution in [0.15, 0.2) is 54.7 Å². The summed E-state index contributed by atoms with van der Waals surface area (Å²) in [5.74, 6) is -1.05. The van der Waals surface area contributed by atoms with Crippen molar-refractivity contribution >= 4 is 30.5 Å². The first-order valence-corrected chi connectivity index (χ1v) is 11.5. The summed E-state index contributed by atoms with van der Waals surface area (Å²) in [6.07, 6.45) is 1.77. The highest BCUT2D eigenvalue weighted by molar-refractivity contribution is 7.52. The molecule has 3 rings (SSSR count). The second-order valence-corrected chi connectivity index (χ2v) is 9.20. The molecule has 0 aliphatic carbocycles. The van der Waals surface area contributed by atoms with Gasteiger partial charge in [-0.25, -0.2) is 9.78 Å². The van der Waals surface area contributed by atoms with Crippen molar-refractivity contribution < 1.29 is 27.9 Å². The number of carbonyl (C=O) groups is 2. The van der Waals surface area contributed by atoms with Crippen LogP contribution in [-0.4, -0.2) is 49.2 Å². The van der Waals surface area contributed by atoms with Crippen molar-refractivity contribution in [1.29, 1.82) is 0 Å². The van der Waals surface area contributed by atoms with Crippen LogP contribution in [0.2, 0.25) is 0 Å². The van der Waals surface area contributed by atoms with Gasteiger partial charge < -0.3 is 19.1 Å². The number of fused-ring (bicyclic) bond motifs is 1. The Hall–Kier alpha value is -3.13. The predicted molar refractivity (Wildman–Crippen MR) is 118 cm³/mol. The SMILES string of the molecule is COC(=O)[C@@H](Cc1cnc2ccccc2n1)NC(=O)c1ccc(CP(=O)(OC)OC)cc1. The van der Waals surface area contributed by atoms with E-state index in [4.69, 9.17) is 13.8 Å². The van der Waals surface area contributed by atoms with Gasteiger partial charge in [-0.1, -0.05) is 24.3 Å². The van der Waals surface area contributed by atoms with Gasteiger partial charge in [0, 0.05) is 32.4 Å². The Bertz CT molecular complexity index is 1140. The topological polar surface area (TPSA) is 117 Å². The Morgan fingerprint density at radius 3 is 2.28 bits per heavy atom. The van der Waals surface area contributed by atoms with Crippen molar-refractivity contribution in [3.8, 4) is 0 Å².